The molecule has 0 bridgehead atoms. The van der Waals surface area contributed by atoms with Crippen LogP contribution >= 0.6 is 0 Å². The molecule has 1 saturated heterocycles. The Balaban J connectivity index is 1.63. The van der Waals surface area contributed by atoms with Gasteiger partial charge >= 0.3 is 6.03 Å². The third-order valence-electron chi connectivity index (χ3n) is 4.36. The number of rotatable bonds is 5. The first kappa shape index (κ1) is 17.7. The maximum atomic E-state index is 12.3. The molecule has 136 valence electrons. The zero-order chi connectivity index (χ0) is 18.9. The number of anilines is 1. The molecule has 2 heterocycles. The van der Waals surface area contributed by atoms with Crippen LogP contribution in [0.2, 0.25) is 0 Å². The topological polar surface area (TPSA) is 96.3 Å². The molecule has 0 aliphatic carbocycles. The molecule has 2 N–H and O–H groups in total. The smallest absolute Gasteiger partial charge is 0.325 e. The Morgan fingerprint density at radius 2 is 1.96 bits per heavy atom. The molecule has 1 atom stereocenters. The summed E-state index contributed by atoms with van der Waals surface area (Å²) >= 11 is 0. The first-order valence-electron chi connectivity index (χ1n) is 8.29. The molecule has 2 aromatic rings. The summed E-state index contributed by atoms with van der Waals surface area (Å²) in [4.78, 5) is 41.5. The molecule has 1 aliphatic heterocycles. The lowest BCUT2D eigenvalue weighted by molar-refractivity contribution is -0.130. The van der Waals surface area contributed by atoms with E-state index < -0.39 is 11.6 Å². The van der Waals surface area contributed by atoms with Crippen LogP contribution in [-0.4, -0.2) is 37.8 Å². The highest BCUT2D eigenvalue weighted by Crippen LogP contribution is 2.20. The molecule has 1 aliphatic rings. The van der Waals surface area contributed by atoms with Crippen LogP contribution in [-0.2, 0) is 16.1 Å². The lowest BCUT2D eigenvalue weighted by Gasteiger charge is -2.16. The van der Waals surface area contributed by atoms with Crippen molar-refractivity contribution in [2.24, 2.45) is 0 Å². The van der Waals surface area contributed by atoms with Crippen molar-refractivity contribution in [3.05, 3.63) is 48.5 Å². The van der Waals surface area contributed by atoms with Crippen molar-refractivity contribution in [3.63, 3.8) is 0 Å². The highest BCUT2D eigenvalue weighted by atomic mass is 16.2. The van der Waals surface area contributed by atoms with E-state index in [1.165, 1.54) is 4.90 Å². The fraction of sp³-hybridized carbons (Fsp3) is 0.333. The average molecular weight is 355 g/mol. The van der Waals surface area contributed by atoms with Gasteiger partial charge in [0.1, 0.15) is 11.6 Å². The van der Waals surface area contributed by atoms with Crippen LogP contribution in [0.5, 0.6) is 0 Å². The highest BCUT2D eigenvalue weighted by Gasteiger charge is 2.43. The molecule has 0 radical (unpaired) electrons. The van der Waals surface area contributed by atoms with Crippen molar-refractivity contribution in [1.82, 2.24) is 19.8 Å². The van der Waals surface area contributed by atoms with E-state index in [2.05, 4.69) is 15.6 Å². The maximum Gasteiger partial charge on any atom is 0.325 e. The molecular weight excluding hydrogens is 334 g/mol. The van der Waals surface area contributed by atoms with E-state index in [4.69, 9.17) is 0 Å². The standard InChI is InChI=1S/C18H21N5O3/c1-12(22-9-8-19-11-22)15(24)20-14-6-4-13(5-7-14)10-23-16(25)18(2,3)21-17(23)26/h4-9,11-12H,10H2,1-3H3,(H,20,24)(H,21,26)/t12-/m1/s1. The van der Waals surface area contributed by atoms with Gasteiger partial charge in [0.2, 0.25) is 5.91 Å². The van der Waals surface area contributed by atoms with Crippen LogP contribution in [0.4, 0.5) is 10.5 Å². The predicted octanol–water partition coefficient (Wildman–Crippen LogP) is 1.91. The van der Waals surface area contributed by atoms with E-state index in [0.29, 0.717) is 5.69 Å². The van der Waals surface area contributed by atoms with E-state index in [1.807, 2.05) is 0 Å². The van der Waals surface area contributed by atoms with E-state index in [1.54, 1.807) is 68.3 Å². The Labute approximate surface area is 151 Å². The largest absolute Gasteiger partial charge is 0.325 e. The third kappa shape index (κ3) is 3.44. The van der Waals surface area contributed by atoms with Crippen molar-refractivity contribution < 1.29 is 14.4 Å². The molecule has 1 aromatic heterocycles. The van der Waals surface area contributed by atoms with Crippen LogP contribution in [0.15, 0.2) is 43.0 Å². The van der Waals surface area contributed by atoms with Gasteiger partial charge in [0.25, 0.3) is 5.91 Å². The van der Waals surface area contributed by atoms with E-state index in [0.717, 1.165) is 5.56 Å². The molecule has 1 aromatic carbocycles. The zero-order valence-corrected chi connectivity index (χ0v) is 14.9. The van der Waals surface area contributed by atoms with Crippen LogP contribution in [0.25, 0.3) is 0 Å². The van der Waals surface area contributed by atoms with Gasteiger partial charge in [-0.2, -0.15) is 0 Å². The minimum atomic E-state index is -0.880. The summed E-state index contributed by atoms with van der Waals surface area (Å²) in [5.74, 6) is -0.416. The summed E-state index contributed by atoms with van der Waals surface area (Å²) in [6.07, 6.45) is 4.94. The van der Waals surface area contributed by atoms with Gasteiger partial charge in [-0.3, -0.25) is 14.5 Å². The van der Waals surface area contributed by atoms with Gasteiger partial charge in [-0.25, -0.2) is 9.78 Å². The molecule has 0 unspecified atom stereocenters. The van der Waals surface area contributed by atoms with Gasteiger partial charge in [-0.05, 0) is 38.5 Å². The fourth-order valence-electron chi connectivity index (χ4n) is 2.72. The number of aromatic nitrogens is 2. The van der Waals surface area contributed by atoms with Gasteiger partial charge in [0, 0.05) is 18.1 Å². The van der Waals surface area contributed by atoms with Gasteiger partial charge < -0.3 is 15.2 Å². The third-order valence-corrected chi connectivity index (χ3v) is 4.36. The van der Waals surface area contributed by atoms with Crippen molar-refractivity contribution >= 4 is 23.5 Å². The second-order valence-electron chi connectivity index (χ2n) is 6.82. The number of carbonyl (C=O) groups is 3. The zero-order valence-electron chi connectivity index (χ0n) is 14.9. The van der Waals surface area contributed by atoms with Crippen molar-refractivity contribution in [1.29, 1.82) is 0 Å². The van der Waals surface area contributed by atoms with Crippen LogP contribution in [0, 0.1) is 0 Å². The number of imide groups is 1. The number of carbonyl (C=O) groups excluding carboxylic acids is 3. The Hall–Kier alpha value is -3.16. The first-order valence-corrected chi connectivity index (χ1v) is 8.29. The Kier molecular flexibility index (Phi) is 4.50. The molecule has 8 nitrogen and oxygen atoms in total. The van der Waals surface area contributed by atoms with Crippen LogP contribution in [0.1, 0.15) is 32.4 Å². The molecule has 0 saturated carbocycles. The predicted molar refractivity (Wildman–Crippen MR) is 95.2 cm³/mol. The molecule has 26 heavy (non-hydrogen) atoms. The SMILES string of the molecule is C[C@H](C(=O)Nc1ccc(CN2C(=O)NC(C)(C)C2=O)cc1)n1ccnc1. The number of hydrogen-bond donors (Lipinski definition) is 2. The molecule has 4 amide bonds. The minimum Gasteiger partial charge on any atom is -0.325 e. The highest BCUT2D eigenvalue weighted by molar-refractivity contribution is 6.06. The van der Waals surface area contributed by atoms with Gasteiger partial charge in [-0.1, -0.05) is 12.1 Å². The fourth-order valence-corrected chi connectivity index (χ4v) is 2.72. The molecular formula is C18H21N5O3. The summed E-state index contributed by atoms with van der Waals surface area (Å²) < 4.78 is 1.71. The van der Waals surface area contributed by atoms with E-state index in [-0.39, 0.29) is 24.4 Å². The number of urea groups is 1. The van der Waals surface area contributed by atoms with Gasteiger partial charge in [0.15, 0.2) is 0 Å². The number of amides is 4. The summed E-state index contributed by atoms with van der Waals surface area (Å²) in [5.41, 5.74) is 0.559. The molecule has 0 spiro atoms. The normalized spacial score (nSPS) is 17.1. The molecule has 8 heteroatoms. The Morgan fingerprint density at radius 1 is 1.27 bits per heavy atom. The lowest BCUT2D eigenvalue weighted by atomic mass is 10.1. The summed E-state index contributed by atoms with van der Waals surface area (Å²) in [7, 11) is 0. The van der Waals surface area contributed by atoms with E-state index >= 15 is 0 Å². The summed E-state index contributed by atoms with van der Waals surface area (Å²) in [5, 5.41) is 5.48. The summed E-state index contributed by atoms with van der Waals surface area (Å²) in [6.45, 7) is 5.32. The minimum absolute atomic E-state index is 0.161. The summed E-state index contributed by atoms with van der Waals surface area (Å²) in [6, 6.07) is 6.28. The Morgan fingerprint density at radius 3 is 2.50 bits per heavy atom. The monoisotopic (exact) mass is 355 g/mol. The first-order chi connectivity index (χ1) is 12.3. The number of benzene rings is 1. The lowest BCUT2D eigenvalue weighted by Crippen LogP contribution is -2.40. The maximum absolute atomic E-state index is 12.3. The van der Waals surface area contributed by atoms with Crippen LogP contribution in [0.3, 0.4) is 0 Å². The van der Waals surface area contributed by atoms with Crippen LogP contribution < -0.4 is 10.6 Å². The second kappa shape index (κ2) is 6.62. The number of hydrogen-bond acceptors (Lipinski definition) is 4. The Bertz CT molecular complexity index is 827. The van der Waals surface area contributed by atoms with Crippen molar-refractivity contribution in [2.45, 2.75) is 38.9 Å². The average Bonchev–Trinajstić information content (AvgIpc) is 3.19. The number of nitrogens with zero attached hydrogens (tertiary/aromatic N) is 3. The van der Waals surface area contributed by atoms with E-state index in [9.17, 15) is 14.4 Å². The van der Waals surface area contributed by atoms with Gasteiger partial charge in [0.05, 0.1) is 12.9 Å². The van der Waals surface area contributed by atoms with Gasteiger partial charge in [-0.15, -0.1) is 0 Å². The molecule has 3 rings (SSSR count). The number of imidazole rings is 1. The van der Waals surface area contributed by atoms with Crippen molar-refractivity contribution in [2.75, 3.05) is 5.32 Å². The second-order valence-corrected chi connectivity index (χ2v) is 6.82. The quantitative estimate of drug-likeness (QED) is 0.801. The number of nitrogens with one attached hydrogen (secondary N) is 2. The van der Waals surface area contributed by atoms with Crippen molar-refractivity contribution in [3.8, 4) is 0 Å². The molecule has 1 fully saturated rings.